The van der Waals surface area contributed by atoms with Crippen molar-refractivity contribution in [3.63, 3.8) is 0 Å². The molecule has 4 heteroatoms. The summed E-state index contributed by atoms with van der Waals surface area (Å²) in [7, 11) is -0.141. The van der Waals surface area contributed by atoms with Gasteiger partial charge in [-0.3, -0.25) is 4.79 Å². The number of hydrogen-bond acceptors (Lipinski definition) is 2. The van der Waals surface area contributed by atoms with Crippen LogP contribution in [0, 0.1) is 0 Å². The van der Waals surface area contributed by atoms with Gasteiger partial charge in [-0.1, -0.05) is 27.7 Å². The molecule has 0 atom stereocenters. The van der Waals surface area contributed by atoms with Crippen LogP contribution in [0.3, 0.4) is 0 Å². The standard InChI is InChI=1S/C10H23NO2Si/c1-8-9(12)11(5)13-14(6,7)10(2,3)4/h8H2,1-7H3. The maximum absolute atomic E-state index is 11.3. The monoisotopic (exact) mass is 217 g/mol. The lowest BCUT2D eigenvalue weighted by Crippen LogP contribution is -2.47. The van der Waals surface area contributed by atoms with E-state index in [0.717, 1.165) is 0 Å². The molecule has 0 aliphatic rings. The fourth-order valence-electron chi connectivity index (χ4n) is 0.753. The SMILES string of the molecule is CCC(=O)N(C)O[Si](C)(C)C(C)(C)C. The lowest BCUT2D eigenvalue weighted by molar-refractivity contribution is -0.154. The average molecular weight is 217 g/mol. The average Bonchev–Trinajstić information content (AvgIpc) is 2.00. The van der Waals surface area contributed by atoms with E-state index in [4.69, 9.17) is 4.53 Å². The summed E-state index contributed by atoms with van der Waals surface area (Å²) in [6, 6.07) is 0. The molecule has 0 saturated heterocycles. The summed E-state index contributed by atoms with van der Waals surface area (Å²) in [5, 5.41) is 1.53. The molecule has 3 nitrogen and oxygen atoms in total. The molecular weight excluding hydrogens is 194 g/mol. The van der Waals surface area contributed by atoms with Crippen LogP contribution in [0.25, 0.3) is 0 Å². The first-order valence-electron chi connectivity index (χ1n) is 5.07. The van der Waals surface area contributed by atoms with Crippen molar-refractivity contribution in [1.82, 2.24) is 5.06 Å². The fraction of sp³-hybridized carbons (Fsp3) is 0.900. The highest BCUT2D eigenvalue weighted by Gasteiger charge is 2.39. The van der Waals surface area contributed by atoms with Gasteiger partial charge < -0.3 is 4.53 Å². The van der Waals surface area contributed by atoms with E-state index >= 15 is 0 Å². The number of rotatable bonds is 3. The van der Waals surface area contributed by atoms with E-state index in [1.165, 1.54) is 5.06 Å². The maximum Gasteiger partial charge on any atom is 0.244 e. The second-order valence-corrected chi connectivity index (χ2v) is 9.80. The predicted molar refractivity (Wildman–Crippen MR) is 61.3 cm³/mol. The summed E-state index contributed by atoms with van der Waals surface area (Å²) in [6.45, 7) is 12.6. The number of hydroxylamine groups is 2. The number of nitrogens with zero attached hydrogens (tertiary/aromatic N) is 1. The first-order chi connectivity index (χ1) is 6.12. The zero-order chi connectivity index (χ0) is 11.6. The fourth-order valence-corrected chi connectivity index (χ4v) is 1.81. The van der Waals surface area contributed by atoms with Crippen LogP contribution in [0.15, 0.2) is 0 Å². The van der Waals surface area contributed by atoms with Gasteiger partial charge in [0.1, 0.15) is 0 Å². The number of carbonyl (C=O) groups excluding carboxylic acids is 1. The molecule has 0 bridgehead atoms. The molecule has 0 spiro atoms. The van der Waals surface area contributed by atoms with Crippen molar-refractivity contribution < 1.29 is 9.32 Å². The normalized spacial score (nSPS) is 12.8. The lowest BCUT2D eigenvalue weighted by atomic mass is 10.2. The van der Waals surface area contributed by atoms with Crippen LogP contribution in [-0.2, 0) is 9.32 Å². The van der Waals surface area contributed by atoms with Crippen LogP contribution in [0.5, 0.6) is 0 Å². The van der Waals surface area contributed by atoms with Crippen LogP contribution >= 0.6 is 0 Å². The molecule has 84 valence electrons. The molecule has 0 N–H and O–H groups in total. The number of hydrogen-bond donors (Lipinski definition) is 0. The minimum absolute atomic E-state index is 0.0369. The van der Waals surface area contributed by atoms with E-state index in [1.807, 2.05) is 6.92 Å². The molecule has 0 aromatic rings. The van der Waals surface area contributed by atoms with Crippen molar-refractivity contribution in [1.29, 1.82) is 0 Å². The van der Waals surface area contributed by atoms with E-state index in [2.05, 4.69) is 33.9 Å². The molecule has 0 saturated carbocycles. The maximum atomic E-state index is 11.3. The molecule has 0 aromatic carbocycles. The Morgan fingerprint density at radius 2 is 1.79 bits per heavy atom. The Bertz CT molecular complexity index is 209. The Balaban J connectivity index is 4.44. The molecule has 0 heterocycles. The third kappa shape index (κ3) is 3.42. The lowest BCUT2D eigenvalue weighted by Gasteiger charge is -2.38. The van der Waals surface area contributed by atoms with Crippen LogP contribution in [0.1, 0.15) is 34.1 Å². The van der Waals surface area contributed by atoms with Crippen molar-refractivity contribution >= 4 is 14.2 Å². The minimum atomic E-state index is -1.84. The summed E-state index contributed by atoms with van der Waals surface area (Å²) >= 11 is 0. The summed E-state index contributed by atoms with van der Waals surface area (Å²) in [6.07, 6.45) is 0.491. The van der Waals surface area contributed by atoms with Crippen molar-refractivity contribution in [2.75, 3.05) is 7.05 Å². The predicted octanol–water partition coefficient (Wildman–Crippen LogP) is 2.79. The highest BCUT2D eigenvalue weighted by atomic mass is 28.4. The largest absolute Gasteiger partial charge is 0.317 e. The van der Waals surface area contributed by atoms with Gasteiger partial charge in [0.05, 0.1) is 0 Å². The highest BCUT2D eigenvalue weighted by Crippen LogP contribution is 2.36. The molecule has 0 unspecified atom stereocenters. The molecule has 14 heavy (non-hydrogen) atoms. The Morgan fingerprint density at radius 1 is 1.36 bits per heavy atom. The van der Waals surface area contributed by atoms with Crippen molar-refractivity contribution in [3.05, 3.63) is 0 Å². The van der Waals surface area contributed by atoms with Gasteiger partial charge in [-0.2, -0.15) is 0 Å². The van der Waals surface area contributed by atoms with Crippen molar-refractivity contribution in [2.45, 2.75) is 52.2 Å². The van der Waals surface area contributed by atoms with Gasteiger partial charge in [0.2, 0.25) is 14.2 Å². The molecule has 0 aliphatic heterocycles. The van der Waals surface area contributed by atoms with E-state index in [0.29, 0.717) is 6.42 Å². The summed E-state index contributed by atoms with van der Waals surface area (Å²) in [5.41, 5.74) is 0. The van der Waals surface area contributed by atoms with Gasteiger partial charge in [-0.25, -0.2) is 5.06 Å². The van der Waals surface area contributed by atoms with E-state index < -0.39 is 8.32 Å². The molecule has 0 radical (unpaired) electrons. The van der Waals surface area contributed by atoms with Crippen LogP contribution < -0.4 is 0 Å². The van der Waals surface area contributed by atoms with Gasteiger partial charge in [-0.05, 0) is 18.1 Å². The zero-order valence-electron chi connectivity index (χ0n) is 10.5. The first-order valence-corrected chi connectivity index (χ1v) is 7.98. The van der Waals surface area contributed by atoms with Crippen LogP contribution in [0.2, 0.25) is 18.1 Å². The van der Waals surface area contributed by atoms with Crippen LogP contribution in [-0.4, -0.2) is 26.3 Å². The number of carbonyl (C=O) groups is 1. The van der Waals surface area contributed by atoms with Crippen molar-refractivity contribution in [3.8, 4) is 0 Å². The third-order valence-corrected chi connectivity index (χ3v) is 7.17. The van der Waals surface area contributed by atoms with E-state index in [-0.39, 0.29) is 10.9 Å². The van der Waals surface area contributed by atoms with Gasteiger partial charge >= 0.3 is 0 Å². The van der Waals surface area contributed by atoms with Gasteiger partial charge in [0, 0.05) is 13.5 Å². The molecule has 1 amide bonds. The van der Waals surface area contributed by atoms with E-state index in [9.17, 15) is 4.79 Å². The molecule has 0 fully saturated rings. The minimum Gasteiger partial charge on any atom is -0.317 e. The topological polar surface area (TPSA) is 29.5 Å². The Hall–Kier alpha value is -0.353. The smallest absolute Gasteiger partial charge is 0.244 e. The van der Waals surface area contributed by atoms with Gasteiger partial charge in [-0.15, -0.1) is 0 Å². The van der Waals surface area contributed by atoms with Gasteiger partial charge in [0.25, 0.3) is 0 Å². The summed E-state index contributed by atoms with van der Waals surface area (Å²) in [5.74, 6) is 0.0369. The number of amides is 1. The van der Waals surface area contributed by atoms with Crippen LogP contribution in [0.4, 0.5) is 0 Å². The van der Waals surface area contributed by atoms with Gasteiger partial charge in [0.15, 0.2) is 0 Å². The summed E-state index contributed by atoms with van der Waals surface area (Å²) in [4.78, 5) is 11.3. The summed E-state index contributed by atoms with van der Waals surface area (Å²) < 4.78 is 5.78. The first kappa shape index (κ1) is 13.6. The zero-order valence-corrected chi connectivity index (χ0v) is 11.5. The molecular formula is C10H23NO2Si. The molecule has 0 aromatic heterocycles. The highest BCUT2D eigenvalue weighted by molar-refractivity contribution is 6.74. The Morgan fingerprint density at radius 3 is 2.07 bits per heavy atom. The van der Waals surface area contributed by atoms with Crippen molar-refractivity contribution in [2.24, 2.45) is 0 Å². The molecule has 0 rings (SSSR count). The second-order valence-electron chi connectivity index (χ2n) is 5.10. The Kier molecular flexibility index (Phi) is 4.33. The quantitative estimate of drug-likeness (QED) is 0.537. The van der Waals surface area contributed by atoms with E-state index in [1.54, 1.807) is 7.05 Å². The second kappa shape index (κ2) is 4.44. The Labute approximate surface area is 88.5 Å². The third-order valence-electron chi connectivity index (χ3n) is 2.83. The molecule has 0 aliphatic carbocycles.